The number of hydrogen-bond acceptors (Lipinski definition) is 2. The molecule has 0 aromatic heterocycles. The molecule has 1 N–H and O–H groups in total. The molecule has 86 valence electrons. The first-order valence-corrected chi connectivity index (χ1v) is 5.62. The van der Waals surface area contributed by atoms with Crippen molar-refractivity contribution in [2.45, 2.75) is 58.1 Å². The predicted octanol–water partition coefficient (Wildman–Crippen LogP) is 2.78. The highest BCUT2D eigenvalue weighted by atomic mass is 16.6. The second-order valence-electron chi connectivity index (χ2n) is 5.26. The first kappa shape index (κ1) is 12.3. The molecular weight excluding hydrogens is 190 g/mol. The maximum Gasteiger partial charge on any atom is 0.407 e. The van der Waals surface area contributed by atoms with E-state index in [0.717, 1.165) is 25.7 Å². The van der Waals surface area contributed by atoms with Gasteiger partial charge in [0.1, 0.15) is 5.60 Å². The lowest BCUT2D eigenvalue weighted by atomic mass is 9.87. The fourth-order valence-corrected chi connectivity index (χ4v) is 1.74. The molecule has 1 aliphatic carbocycles. The quantitative estimate of drug-likeness (QED) is 0.724. The van der Waals surface area contributed by atoms with Crippen LogP contribution in [0.4, 0.5) is 4.79 Å². The molecule has 1 aliphatic rings. The lowest BCUT2D eigenvalue weighted by Gasteiger charge is -2.28. The van der Waals surface area contributed by atoms with Gasteiger partial charge in [-0.05, 0) is 59.3 Å². The second kappa shape index (κ2) is 4.86. The fourth-order valence-electron chi connectivity index (χ4n) is 1.74. The van der Waals surface area contributed by atoms with Crippen molar-refractivity contribution >= 4 is 6.09 Å². The highest BCUT2D eigenvalue weighted by Crippen LogP contribution is 2.23. The molecule has 0 aliphatic heterocycles. The van der Waals surface area contributed by atoms with Gasteiger partial charge in [-0.2, -0.15) is 0 Å². The monoisotopic (exact) mass is 211 g/mol. The van der Waals surface area contributed by atoms with Crippen LogP contribution in [0.3, 0.4) is 0 Å². The minimum Gasteiger partial charge on any atom is -0.444 e. The van der Waals surface area contributed by atoms with Crippen molar-refractivity contribution in [3.05, 3.63) is 6.92 Å². The normalized spacial score (nSPS) is 27.2. The van der Waals surface area contributed by atoms with Crippen LogP contribution in [0.1, 0.15) is 46.5 Å². The van der Waals surface area contributed by atoms with Crippen LogP contribution in [0.5, 0.6) is 0 Å². The number of rotatable bonds is 1. The molecule has 0 unspecified atom stereocenters. The van der Waals surface area contributed by atoms with Crippen molar-refractivity contribution < 1.29 is 9.53 Å². The number of alkyl carbamates (subject to hydrolysis) is 1. The summed E-state index contributed by atoms with van der Waals surface area (Å²) in [7, 11) is 0. The van der Waals surface area contributed by atoms with Gasteiger partial charge in [-0.15, -0.1) is 0 Å². The van der Waals surface area contributed by atoms with Crippen molar-refractivity contribution in [1.29, 1.82) is 0 Å². The van der Waals surface area contributed by atoms with Gasteiger partial charge in [-0.1, -0.05) is 0 Å². The van der Waals surface area contributed by atoms with Crippen LogP contribution in [-0.4, -0.2) is 17.7 Å². The summed E-state index contributed by atoms with van der Waals surface area (Å²) < 4.78 is 5.19. The van der Waals surface area contributed by atoms with E-state index in [0.29, 0.717) is 5.92 Å². The van der Waals surface area contributed by atoms with E-state index in [1.807, 2.05) is 20.8 Å². The van der Waals surface area contributed by atoms with Crippen LogP contribution in [0, 0.1) is 12.8 Å². The van der Waals surface area contributed by atoms with Crippen LogP contribution in [0.2, 0.25) is 0 Å². The highest BCUT2D eigenvalue weighted by molar-refractivity contribution is 5.68. The van der Waals surface area contributed by atoms with Crippen LogP contribution in [0.15, 0.2) is 0 Å². The third-order valence-corrected chi connectivity index (χ3v) is 2.49. The molecule has 1 amide bonds. The Morgan fingerprint density at radius 1 is 1.27 bits per heavy atom. The van der Waals surface area contributed by atoms with Crippen LogP contribution >= 0.6 is 0 Å². The predicted molar refractivity (Wildman–Crippen MR) is 59.4 cm³/mol. The van der Waals surface area contributed by atoms with Gasteiger partial charge in [0.05, 0.1) is 0 Å². The topological polar surface area (TPSA) is 38.3 Å². The van der Waals surface area contributed by atoms with Crippen molar-refractivity contribution in [3.63, 3.8) is 0 Å². The molecule has 1 saturated carbocycles. The number of ether oxygens (including phenoxy) is 1. The molecule has 0 saturated heterocycles. The summed E-state index contributed by atoms with van der Waals surface area (Å²) in [6, 6.07) is 0.236. The molecule has 1 rings (SSSR count). The summed E-state index contributed by atoms with van der Waals surface area (Å²) in [4.78, 5) is 11.4. The Kier molecular flexibility index (Phi) is 4.00. The van der Waals surface area contributed by atoms with E-state index in [4.69, 9.17) is 11.7 Å². The number of nitrogens with one attached hydrogen (secondary N) is 1. The van der Waals surface area contributed by atoms with E-state index < -0.39 is 5.60 Å². The molecule has 0 heterocycles. The highest BCUT2D eigenvalue weighted by Gasteiger charge is 2.22. The van der Waals surface area contributed by atoms with E-state index in [-0.39, 0.29) is 12.1 Å². The number of carbonyl (C=O) groups excluding carboxylic acids is 1. The molecule has 0 bridgehead atoms. The molecule has 3 nitrogen and oxygen atoms in total. The van der Waals surface area contributed by atoms with Crippen LogP contribution < -0.4 is 5.32 Å². The summed E-state index contributed by atoms with van der Waals surface area (Å²) >= 11 is 0. The maximum atomic E-state index is 11.4. The van der Waals surface area contributed by atoms with Crippen molar-refractivity contribution in [2.75, 3.05) is 0 Å². The Hall–Kier alpha value is -0.730. The van der Waals surface area contributed by atoms with Gasteiger partial charge in [0.15, 0.2) is 0 Å². The van der Waals surface area contributed by atoms with E-state index in [2.05, 4.69) is 5.32 Å². The average molecular weight is 211 g/mol. The molecule has 2 radical (unpaired) electrons. The van der Waals surface area contributed by atoms with E-state index in [1.165, 1.54) is 0 Å². The zero-order valence-corrected chi connectivity index (χ0v) is 9.88. The average Bonchev–Trinajstić information content (AvgIpc) is 2.05. The van der Waals surface area contributed by atoms with Crippen LogP contribution in [0.25, 0.3) is 0 Å². The molecule has 0 spiro atoms. The maximum absolute atomic E-state index is 11.4. The smallest absolute Gasteiger partial charge is 0.407 e. The number of carbonyl (C=O) groups is 1. The third kappa shape index (κ3) is 5.05. The van der Waals surface area contributed by atoms with Gasteiger partial charge in [0.2, 0.25) is 0 Å². The standard InChI is InChI=1S/C12H21NO2/c1-9-5-7-10(8-6-9)13-11(14)15-12(2,3)4/h1,9-10H,5-8H2,2-4H3,(H,13,14). The van der Waals surface area contributed by atoms with E-state index in [9.17, 15) is 4.79 Å². The number of amides is 1. The van der Waals surface area contributed by atoms with E-state index in [1.54, 1.807) is 0 Å². The fraction of sp³-hybridized carbons (Fsp3) is 0.833. The SMILES string of the molecule is [CH]C1CCC(NC(=O)OC(C)(C)C)CC1. The Morgan fingerprint density at radius 2 is 1.80 bits per heavy atom. The lowest BCUT2D eigenvalue weighted by Crippen LogP contribution is -2.40. The molecule has 0 aromatic rings. The van der Waals surface area contributed by atoms with Gasteiger partial charge in [-0.25, -0.2) is 4.79 Å². The van der Waals surface area contributed by atoms with E-state index >= 15 is 0 Å². The Labute approximate surface area is 92.6 Å². The zero-order chi connectivity index (χ0) is 11.5. The second-order valence-corrected chi connectivity index (χ2v) is 5.26. The van der Waals surface area contributed by atoms with Gasteiger partial charge < -0.3 is 10.1 Å². The molecule has 15 heavy (non-hydrogen) atoms. The lowest BCUT2D eigenvalue weighted by molar-refractivity contribution is 0.0489. The van der Waals surface area contributed by atoms with Gasteiger partial charge in [0, 0.05) is 6.04 Å². The molecule has 0 aromatic carbocycles. The molecule has 1 fully saturated rings. The number of hydrogen-bond donors (Lipinski definition) is 1. The summed E-state index contributed by atoms with van der Waals surface area (Å²) in [5.74, 6) is 0.307. The summed E-state index contributed by atoms with van der Waals surface area (Å²) in [5.41, 5.74) is -0.421. The first-order chi connectivity index (χ1) is 6.87. The minimum absolute atomic E-state index is 0.236. The minimum atomic E-state index is -0.421. The van der Waals surface area contributed by atoms with Crippen molar-refractivity contribution in [1.82, 2.24) is 5.32 Å². The largest absolute Gasteiger partial charge is 0.444 e. The molecule has 3 heteroatoms. The van der Waals surface area contributed by atoms with Crippen LogP contribution in [-0.2, 0) is 4.74 Å². The van der Waals surface area contributed by atoms with Gasteiger partial charge >= 0.3 is 6.09 Å². The summed E-state index contributed by atoms with van der Waals surface area (Å²) in [5, 5.41) is 2.88. The Balaban J connectivity index is 2.27. The van der Waals surface area contributed by atoms with Gasteiger partial charge in [-0.3, -0.25) is 0 Å². The Bertz CT molecular complexity index is 212. The Morgan fingerprint density at radius 3 is 2.27 bits per heavy atom. The van der Waals surface area contributed by atoms with Gasteiger partial charge in [0.25, 0.3) is 0 Å². The molecule has 0 atom stereocenters. The van der Waals surface area contributed by atoms with Crippen molar-refractivity contribution in [3.8, 4) is 0 Å². The van der Waals surface area contributed by atoms with Crippen molar-refractivity contribution in [2.24, 2.45) is 5.92 Å². The zero-order valence-electron chi connectivity index (χ0n) is 9.88. The molecular formula is C12H21NO2. The third-order valence-electron chi connectivity index (χ3n) is 2.49. The summed E-state index contributed by atoms with van der Waals surface area (Å²) in [6.07, 6.45) is 3.57. The summed E-state index contributed by atoms with van der Waals surface area (Å²) in [6.45, 7) is 11.4. The first-order valence-electron chi connectivity index (χ1n) is 5.62.